The maximum Gasteiger partial charge on any atom is 0.263 e. The normalized spacial score (nSPS) is 14.5. The number of carbonyl (C=O) groups is 1. The van der Waals surface area contributed by atoms with Crippen LogP contribution in [-0.4, -0.2) is 5.91 Å². The molecule has 0 aromatic heterocycles. The van der Waals surface area contributed by atoms with Crippen LogP contribution in [0.1, 0.15) is 48.9 Å². The average Bonchev–Trinajstić information content (AvgIpc) is 2.73. The Morgan fingerprint density at radius 2 is 1.96 bits per heavy atom. The molecule has 1 aliphatic carbocycles. The van der Waals surface area contributed by atoms with E-state index in [-0.39, 0.29) is 11.6 Å². The fourth-order valence-corrected chi connectivity index (χ4v) is 3.69. The van der Waals surface area contributed by atoms with E-state index in [1.54, 1.807) is 12.1 Å². The molecule has 2 aromatic rings. The number of amides is 1. The predicted octanol–water partition coefficient (Wildman–Crippen LogP) is 5.31. The Bertz CT molecular complexity index is 930. The van der Waals surface area contributed by atoms with Gasteiger partial charge < -0.3 is 10.6 Å². The summed E-state index contributed by atoms with van der Waals surface area (Å²) >= 11 is 6.10. The van der Waals surface area contributed by atoms with Gasteiger partial charge >= 0.3 is 0 Å². The van der Waals surface area contributed by atoms with E-state index in [2.05, 4.69) is 28.8 Å². The molecule has 0 radical (unpaired) electrons. The largest absolute Gasteiger partial charge is 0.359 e. The Kier molecular flexibility index (Phi) is 6.73. The van der Waals surface area contributed by atoms with Gasteiger partial charge in [0.15, 0.2) is 0 Å². The highest BCUT2D eigenvalue weighted by Gasteiger charge is 2.18. The van der Waals surface area contributed by atoms with Crippen LogP contribution in [0.25, 0.3) is 0 Å². The van der Waals surface area contributed by atoms with Crippen LogP contribution in [0.3, 0.4) is 0 Å². The minimum Gasteiger partial charge on any atom is -0.359 e. The number of nitriles is 1. The van der Waals surface area contributed by atoms with Crippen molar-refractivity contribution in [2.24, 2.45) is 0 Å². The van der Waals surface area contributed by atoms with Gasteiger partial charge in [-0.3, -0.25) is 4.79 Å². The third-order valence-corrected chi connectivity index (χ3v) is 5.43. The van der Waals surface area contributed by atoms with Gasteiger partial charge in [0.2, 0.25) is 0 Å². The van der Waals surface area contributed by atoms with E-state index < -0.39 is 5.91 Å². The average molecular weight is 394 g/mol. The van der Waals surface area contributed by atoms with Gasteiger partial charge in [-0.05, 0) is 60.9 Å². The van der Waals surface area contributed by atoms with E-state index in [0.29, 0.717) is 10.7 Å². The van der Waals surface area contributed by atoms with Gasteiger partial charge in [-0.2, -0.15) is 5.26 Å². The lowest BCUT2D eigenvalue weighted by Gasteiger charge is -2.21. The lowest BCUT2D eigenvalue weighted by molar-refractivity contribution is -0.117. The molecule has 2 aromatic carbocycles. The molecule has 0 spiro atoms. The number of hydrogen-bond acceptors (Lipinski definition) is 3. The van der Waals surface area contributed by atoms with Gasteiger partial charge in [0.1, 0.15) is 11.6 Å². The number of fused-ring (bicyclic) bond motifs is 1. The van der Waals surface area contributed by atoms with Crippen molar-refractivity contribution in [3.05, 3.63) is 76.0 Å². The molecule has 1 aliphatic rings. The summed E-state index contributed by atoms with van der Waals surface area (Å²) in [5.41, 5.74) is 4.54. The third kappa shape index (κ3) is 4.74. The Morgan fingerprint density at radius 3 is 2.68 bits per heavy atom. The van der Waals surface area contributed by atoms with Crippen LogP contribution in [0, 0.1) is 11.3 Å². The second-order valence-electron chi connectivity index (χ2n) is 6.96. The van der Waals surface area contributed by atoms with Crippen LogP contribution >= 0.6 is 11.6 Å². The van der Waals surface area contributed by atoms with Crippen LogP contribution in [0.4, 0.5) is 5.69 Å². The lowest BCUT2D eigenvalue weighted by Crippen LogP contribution is -2.29. The SMILES string of the molecule is CCC(NC(=O)/C(C#N)=C\Nc1ccccc1Cl)c1ccc2c(c1)CCCC2. The van der Waals surface area contributed by atoms with Crippen molar-refractivity contribution in [2.45, 2.75) is 45.1 Å². The third-order valence-electron chi connectivity index (χ3n) is 5.10. The highest BCUT2D eigenvalue weighted by atomic mass is 35.5. The molecule has 2 N–H and O–H groups in total. The van der Waals surface area contributed by atoms with E-state index in [9.17, 15) is 10.1 Å². The number of para-hydroxylation sites is 1. The zero-order chi connectivity index (χ0) is 19.9. The summed E-state index contributed by atoms with van der Waals surface area (Å²) in [5, 5.41) is 15.9. The zero-order valence-electron chi connectivity index (χ0n) is 16.0. The first kappa shape index (κ1) is 20.0. The molecule has 1 amide bonds. The number of hydrogen-bond donors (Lipinski definition) is 2. The molecule has 0 heterocycles. The number of carbonyl (C=O) groups excluding carboxylic acids is 1. The monoisotopic (exact) mass is 393 g/mol. The second kappa shape index (κ2) is 9.43. The van der Waals surface area contributed by atoms with Gasteiger partial charge in [0, 0.05) is 6.20 Å². The summed E-state index contributed by atoms with van der Waals surface area (Å²) < 4.78 is 0. The van der Waals surface area contributed by atoms with E-state index in [1.165, 1.54) is 30.2 Å². The van der Waals surface area contributed by atoms with E-state index in [0.717, 1.165) is 24.8 Å². The standard InChI is InChI=1S/C23H24ClN3O/c1-2-21(18-12-11-16-7-3-4-8-17(16)13-18)27-23(28)19(14-25)15-26-22-10-6-5-9-20(22)24/h5-6,9-13,15,21,26H,2-4,7-8H2,1H3,(H,27,28)/b19-15-. The number of halogens is 1. The van der Waals surface area contributed by atoms with Crippen molar-refractivity contribution < 1.29 is 4.79 Å². The Morgan fingerprint density at radius 1 is 1.21 bits per heavy atom. The highest BCUT2D eigenvalue weighted by molar-refractivity contribution is 6.33. The molecule has 144 valence electrons. The topological polar surface area (TPSA) is 64.9 Å². The van der Waals surface area contributed by atoms with Gasteiger partial charge in [-0.25, -0.2) is 0 Å². The van der Waals surface area contributed by atoms with Crippen molar-refractivity contribution >= 4 is 23.2 Å². The van der Waals surface area contributed by atoms with Crippen LogP contribution in [-0.2, 0) is 17.6 Å². The van der Waals surface area contributed by atoms with Crippen LogP contribution < -0.4 is 10.6 Å². The van der Waals surface area contributed by atoms with Crippen LogP contribution in [0.5, 0.6) is 0 Å². The molecule has 0 fully saturated rings. The molecule has 3 rings (SSSR count). The zero-order valence-corrected chi connectivity index (χ0v) is 16.7. The summed E-state index contributed by atoms with van der Waals surface area (Å²) in [7, 11) is 0. The van der Waals surface area contributed by atoms with Crippen molar-refractivity contribution in [1.29, 1.82) is 5.26 Å². The quantitative estimate of drug-likeness (QED) is 0.516. The minimum atomic E-state index is -0.397. The van der Waals surface area contributed by atoms with Crippen molar-refractivity contribution in [1.82, 2.24) is 5.32 Å². The number of rotatable bonds is 6. The number of nitrogens with one attached hydrogen (secondary N) is 2. The molecular weight excluding hydrogens is 370 g/mol. The summed E-state index contributed by atoms with van der Waals surface area (Å²) in [4.78, 5) is 12.6. The van der Waals surface area contributed by atoms with Gasteiger partial charge in [-0.1, -0.05) is 48.9 Å². The van der Waals surface area contributed by atoms with Gasteiger partial charge in [-0.15, -0.1) is 0 Å². The maximum atomic E-state index is 12.6. The first-order chi connectivity index (χ1) is 13.6. The fourth-order valence-electron chi connectivity index (χ4n) is 3.50. The summed E-state index contributed by atoms with van der Waals surface area (Å²) in [6, 6.07) is 15.5. The number of anilines is 1. The van der Waals surface area contributed by atoms with E-state index in [1.807, 2.05) is 25.1 Å². The van der Waals surface area contributed by atoms with Crippen LogP contribution in [0.2, 0.25) is 5.02 Å². The molecule has 1 atom stereocenters. The van der Waals surface area contributed by atoms with Crippen molar-refractivity contribution in [2.75, 3.05) is 5.32 Å². The highest BCUT2D eigenvalue weighted by Crippen LogP contribution is 2.26. The summed E-state index contributed by atoms with van der Waals surface area (Å²) in [6.45, 7) is 2.03. The molecule has 5 heteroatoms. The van der Waals surface area contributed by atoms with E-state index >= 15 is 0 Å². The second-order valence-corrected chi connectivity index (χ2v) is 7.37. The van der Waals surface area contributed by atoms with Crippen molar-refractivity contribution in [3.8, 4) is 6.07 Å². The van der Waals surface area contributed by atoms with Gasteiger partial charge in [0.05, 0.1) is 16.8 Å². The van der Waals surface area contributed by atoms with E-state index in [4.69, 9.17) is 11.6 Å². The maximum absolute atomic E-state index is 12.6. The molecular formula is C23H24ClN3O. The van der Waals surface area contributed by atoms with Crippen molar-refractivity contribution in [3.63, 3.8) is 0 Å². The fraction of sp³-hybridized carbons (Fsp3) is 0.304. The number of nitrogens with zero attached hydrogens (tertiary/aromatic N) is 1. The van der Waals surface area contributed by atoms with Gasteiger partial charge in [0.25, 0.3) is 5.91 Å². The molecule has 4 nitrogen and oxygen atoms in total. The minimum absolute atomic E-state index is 0.0105. The molecule has 0 saturated carbocycles. The summed E-state index contributed by atoms with van der Waals surface area (Å²) in [5.74, 6) is -0.397. The lowest BCUT2D eigenvalue weighted by atomic mass is 9.88. The molecule has 0 aliphatic heterocycles. The smallest absolute Gasteiger partial charge is 0.263 e. The molecule has 0 bridgehead atoms. The molecule has 28 heavy (non-hydrogen) atoms. The first-order valence-electron chi connectivity index (χ1n) is 9.66. The molecule has 0 saturated heterocycles. The summed E-state index contributed by atoms with van der Waals surface area (Å²) in [6.07, 6.45) is 6.84. The molecule has 1 unspecified atom stereocenters. The number of aryl methyl sites for hydroxylation is 2. The predicted molar refractivity (Wildman–Crippen MR) is 113 cm³/mol. The first-order valence-corrected chi connectivity index (χ1v) is 10.0. The Balaban J connectivity index is 1.72. The Labute approximate surface area is 171 Å². The Hall–Kier alpha value is -2.77. The number of benzene rings is 2. The van der Waals surface area contributed by atoms with Crippen LogP contribution in [0.15, 0.2) is 54.2 Å².